The summed E-state index contributed by atoms with van der Waals surface area (Å²) >= 11 is 0. The Hall–Kier alpha value is -1.61. The van der Waals surface area contributed by atoms with Crippen molar-refractivity contribution in [2.24, 2.45) is 11.7 Å². The third-order valence-corrected chi connectivity index (χ3v) is 4.95. The van der Waals surface area contributed by atoms with Crippen LogP contribution >= 0.6 is 0 Å². The molecule has 3 nitrogen and oxygen atoms in total. The Morgan fingerprint density at radius 2 is 1.90 bits per heavy atom. The van der Waals surface area contributed by atoms with Crippen LogP contribution in [0.1, 0.15) is 54.6 Å². The van der Waals surface area contributed by atoms with Gasteiger partial charge in [-0.3, -0.25) is 4.68 Å². The van der Waals surface area contributed by atoms with Crippen LogP contribution in [0.2, 0.25) is 0 Å². The zero-order chi connectivity index (χ0) is 14.2. The highest BCUT2D eigenvalue weighted by Crippen LogP contribution is 2.42. The Morgan fingerprint density at radius 1 is 1.14 bits per heavy atom. The summed E-state index contributed by atoms with van der Waals surface area (Å²) in [5.74, 6) is 1.43. The lowest BCUT2D eigenvalue weighted by atomic mass is 9.80. The third-order valence-electron chi connectivity index (χ3n) is 4.95. The van der Waals surface area contributed by atoms with E-state index in [0.29, 0.717) is 12.0 Å². The van der Waals surface area contributed by atoms with Crippen molar-refractivity contribution in [1.82, 2.24) is 9.78 Å². The fourth-order valence-electron chi connectivity index (χ4n) is 3.38. The van der Waals surface area contributed by atoms with Crippen LogP contribution in [-0.2, 0) is 6.42 Å². The van der Waals surface area contributed by atoms with Crippen molar-refractivity contribution in [2.45, 2.75) is 44.1 Å². The van der Waals surface area contributed by atoms with Crippen LogP contribution in [-0.4, -0.2) is 16.3 Å². The first-order valence-electron chi connectivity index (χ1n) is 8.16. The molecule has 110 valence electrons. The third kappa shape index (κ3) is 2.62. The summed E-state index contributed by atoms with van der Waals surface area (Å²) in [7, 11) is 0. The molecule has 2 aliphatic carbocycles. The summed E-state index contributed by atoms with van der Waals surface area (Å²) in [5, 5.41) is 4.93. The molecule has 0 unspecified atom stereocenters. The second kappa shape index (κ2) is 5.30. The summed E-state index contributed by atoms with van der Waals surface area (Å²) in [6.45, 7) is 0.821. The molecule has 3 heteroatoms. The SMILES string of the molecule is NCC1CC(n2nc(C3CC3)cc2Cc2ccccc2)C1. The maximum Gasteiger partial charge on any atom is 0.0658 e. The molecule has 0 saturated heterocycles. The van der Waals surface area contributed by atoms with Crippen molar-refractivity contribution in [1.29, 1.82) is 0 Å². The molecule has 0 amide bonds. The number of aromatic nitrogens is 2. The molecular weight excluding hydrogens is 258 g/mol. The second-order valence-corrected chi connectivity index (χ2v) is 6.67. The highest BCUT2D eigenvalue weighted by molar-refractivity contribution is 5.26. The first-order valence-corrected chi connectivity index (χ1v) is 8.16. The minimum atomic E-state index is 0.574. The molecular formula is C18H23N3. The molecule has 0 spiro atoms. The molecule has 0 bridgehead atoms. The van der Waals surface area contributed by atoms with E-state index < -0.39 is 0 Å². The minimum Gasteiger partial charge on any atom is -0.330 e. The first-order chi connectivity index (χ1) is 10.3. The van der Waals surface area contributed by atoms with Crippen molar-refractivity contribution in [3.05, 3.63) is 53.3 Å². The molecule has 2 fully saturated rings. The Balaban J connectivity index is 1.59. The maximum absolute atomic E-state index is 5.77. The molecule has 21 heavy (non-hydrogen) atoms. The average Bonchev–Trinajstić information content (AvgIpc) is 3.23. The molecule has 0 atom stereocenters. The van der Waals surface area contributed by atoms with Crippen LogP contribution in [0.5, 0.6) is 0 Å². The number of hydrogen-bond donors (Lipinski definition) is 1. The lowest BCUT2D eigenvalue weighted by molar-refractivity contribution is 0.186. The molecule has 1 aromatic heterocycles. The summed E-state index contributed by atoms with van der Waals surface area (Å²) in [5.41, 5.74) is 9.84. The van der Waals surface area contributed by atoms with Gasteiger partial charge in [0.25, 0.3) is 0 Å². The Kier molecular flexibility index (Phi) is 3.30. The molecule has 2 saturated carbocycles. The first kappa shape index (κ1) is 13.1. The number of benzene rings is 1. The average molecular weight is 281 g/mol. The Bertz CT molecular complexity index is 607. The van der Waals surface area contributed by atoms with Gasteiger partial charge in [-0.25, -0.2) is 0 Å². The lowest BCUT2D eigenvalue weighted by Gasteiger charge is -2.35. The summed E-state index contributed by atoms with van der Waals surface area (Å²) < 4.78 is 2.31. The largest absolute Gasteiger partial charge is 0.330 e. The van der Waals surface area contributed by atoms with Gasteiger partial charge in [-0.05, 0) is 49.8 Å². The quantitative estimate of drug-likeness (QED) is 0.914. The van der Waals surface area contributed by atoms with Gasteiger partial charge in [-0.2, -0.15) is 5.10 Å². The molecule has 2 aromatic rings. The monoisotopic (exact) mass is 281 g/mol. The van der Waals surface area contributed by atoms with Crippen molar-refractivity contribution in [2.75, 3.05) is 6.54 Å². The van der Waals surface area contributed by atoms with Crippen molar-refractivity contribution >= 4 is 0 Å². The topological polar surface area (TPSA) is 43.8 Å². The van der Waals surface area contributed by atoms with E-state index in [0.717, 1.165) is 18.9 Å². The molecule has 0 radical (unpaired) electrons. The van der Waals surface area contributed by atoms with Gasteiger partial charge in [0.05, 0.1) is 11.7 Å². The molecule has 2 N–H and O–H groups in total. The fraction of sp³-hybridized carbons (Fsp3) is 0.500. The summed E-state index contributed by atoms with van der Waals surface area (Å²) in [6, 6.07) is 13.6. The lowest BCUT2D eigenvalue weighted by Crippen LogP contribution is -2.33. The van der Waals surface area contributed by atoms with E-state index in [1.807, 2.05) is 0 Å². The van der Waals surface area contributed by atoms with Crippen molar-refractivity contribution < 1.29 is 0 Å². The second-order valence-electron chi connectivity index (χ2n) is 6.67. The van der Waals surface area contributed by atoms with E-state index >= 15 is 0 Å². The number of hydrogen-bond acceptors (Lipinski definition) is 2. The Labute approximate surface area is 126 Å². The van der Waals surface area contributed by atoms with Gasteiger partial charge in [0.15, 0.2) is 0 Å². The van der Waals surface area contributed by atoms with Gasteiger partial charge < -0.3 is 5.73 Å². The van der Waals surface area contributed by atoms with Crippen LogP contribution in [0.25, 0.3) is 0 Å². The van der Waals surface area contributed by atoms with Crippen LogP contribution in [0.3, 0.4) is 0 Å². The number of nitrogens with two attached hydrogens (primary N) is 1. The molecule has 1 heterocycles. The zero-order valence-corrected chi connectivity index (χ0v) is 12.4. The van der Waals surface area contributed by atoms with Crippen LogP contribution in [0.4, 0.5) is 0 Å². The van der Waals surface area contributed by atoms with Crippen LogP contribution in [0.15, 0.2) is 36.4 Å². The van der Waals surface area contributed by atoms with Crippen LogP contribution < -0.4 is 5.73 Å². The predicted octanol–water partition coefficient (Wildman–Crippen LogP) is 3.26. The van der Waals surface area contributed by atoms with Gasteiger partial charge in [0, 0.05) is 18.0 Å². The van der Waals surface area contributed by atoms with Crippen molar-refractivity contribution in [3.63, 3.8) is 0 Å². The van der Waals surface area contributed by atoms with Gasteiger partial charge in [0.2, 0.25) is 0 Å². The summed E-state index contributed by atoms with van der Waals surface area (Å²) in [6.07, 6.45) is 6.02. The standard InChI is InChI=1S/C18H23N3/c19-12-14-9-16(10-14)21-17(8-13-4-2-1-3-5-13)11-18(20-21)15-6-7-15/h1-5,11,14-16H,6-10,12,19H2. The van der Waals surface area contributed by atoms with E-state index in [1.54, 1.807) is 0 Å². The van der Waals surface area contributed by atoms with Gasteiger partial charge in [0.1, 0.15) is 0 Å². The predicted molar refractivity (Wildman–Crippen MR) is 84.3 cm³/mol. The molecule has 4 rings (SSSR count). The minimum absolute atomic E-state index is 0.574. The van der Waals surface area contributed by atoms with Gasteiger partial charge in [-0.15, -0.1) is 0 Å². The van der Waals surface area contributed by atoms with E-state index in [-0.39, 0.29) is 0 Å². The van der Waals surface area contributed by atoms with Gasteiger partial charge in [-0.1, -0.05) is 30.3 Å². The van der Waals surface area contributed by atoms with E-state index in [1.165, 1.54) is 42.6 Å². The summed E-state index contributed by atoms with van der Waals surface area (Å²) in [4.78, 5) is 0. The highest BCUT2D eigenvalue weighted by Gasteiger charge is 2.33. The zero-order valence-electron chi connectivity index (χ0n) is 12.4. The smallest absolute Gasteiger partial charge is 0.0658 e. The van der Waals surface area contributed by atoms with Gasteiger partial charge >= 0.3 is 0 Å². The van der Waals surface area contributed by atoms with E-state index in [4.69, 9.17) is 10.8 Å². The number of rotatable bonds is 5. The highest BCUT2D eigenvalue weighted by atomic mass is 15.3. The Morgan fingerprint density at radius 3 is 2.57 bits per heavy atom. The number of nitrogens with zero attached hydrogens (tertiary/aromatic N) is 2. The maximum atomic E-state index is 5.77. The fourth-order valence-corrected chi connectivity index (χ4v) is 3.38. The van der Waals surface area contributed by atoms with Crippen molar-refractivity contribution in [3.8, 4) is 0 Å². The van der Waals surface area contributed by atoms with Crippen LogP contribution in [0, 0.1) is 5.92 Å². The molecule has 1 aromatic carbocycles. The van der Waals surface area contributed by atoms with E-state index in [9.17, 15) is 0 Å². The molecule has 2 aliphatic rings. The molecule has 0 aliphatic heterocycles. The van der Waals surface area contributed by atoms with E-state index in [2.05, 4.69) is 41.1 Å². The normalized spacial score (nSPS) is 24.8.